The molecule has 0 saturated carbocycles. The minimum atomic E-state index is -0.117. The first kappa shape index (κ1) is 14.2. The molecule has 2 N–H and O–H groups in total. The van der Waals surface area contributed by atoms with Gasteiger partial charge in [-0.2, -0.15) is 0 Å². The molecular formula is C15H23NO3. The average Bonchev–Trinajstić information content (AvgIpc) is 2.67. The number of fused-ring (bicyclic) bond motifs is 1. The molecule has 0 radical (unpaired) electrons. The molecule has 1 unspecified atom stereocenters. The Hall–Kier alpha value is -1.26. The van der Waals surface area contributed by atoms with Crippen LogP contribution in [0.15, 0.2) is 18.2 Å². The fraction of sp³-hybridized carbons (Fsp3) is 0.600. The largest absolute Gasteiger partial charge is 0.490 e. The number of unbranched alkanes of at least 4 members (excludes halogenated alkanes) is 1. The lowest BCUT2D eigenvalue weighted by molar-refractivity contribution is 0.118. The lowest BCUT2D eigenvalue weighted by Gasteiger charge is -2.15. The Bertz CT molecular complexity index is 395. The molecule has 1 atom stereocenters. The molecule has 1 aromatic rings. The van der Waals surface area contributed by atoms with Crippen molar-refractivity contribution in [3.63, 3.8) is 0 Å². The van der Waals surface area contributed by atoms with E-state index in [9.17, 15) is 0 Å². The van der Waals surface area contributed by atoms with E-state index in [0.29, 0.717) is 19.8 Å². The molecular weight excluding hydrogens is 242 g/mol. The van der Waals surface area contributed by atoms with E-state index in [4.69, 9.17) is 19.9 Å². The molecule has 1 heterocycles. The van der Waals surface area contributed by atoms with Crippen molar-refractivity contribution in [2.24, 2.45) is 5.73 Å². The first-order valence-corrected chi connectivity index (χ1v) is 7.04. The molecule has 0 saturated heterocycles. The fourth-order valence-corrected chi connectivity index (χ4v) is 1.96. The predicted molar refractivity (Wildman–Crippen MR) is 74.7 cm³/mol. The number of hydrogen-bond acceptors (Lipinski definition) is 4. The second-order valence-electron chi connectivity index (χ2n) is 4.79. The standard InChI is InChI=1S/C15H23NO3/c1-2-3-7-17-11-13(16)12-5-6-14-15(10-12)19-9-4-8-18-14/h5-6,10,13H,2-4,7-9,11,16H2,1H3. The highest BCUT2D eigenvalue weighted by molar-refractivity contribution is 5.44. The van der Waals surface area contributed by atoms with Crippen LogP contribution in [0.1, 0.15) is 37.8 Å². The number of benzene rings is 1. The number of hydrogen-bond donors (Lipinski definition) is 1. The molecule has 19 heavy (non-hydrogen) atoms. The predicted octanol–water partition coefficient (Wildman–Crippen LogP) is 2.66. The van der Waals surface area contributed by atoms with Crippen molar-refractivity contribution in [1.29, 1.82) is 0 Å². The SMILES string of the molecule is CCCCOCC(N)c1ccc2c(c1)OCCCO2. The molecule has 0 aromatic heterocycles. The molecule has 106 valence electrons. The van der Waals surface area contributed by atoms with Crippen LogP contribution in [0.2, 0.25) is 0 Å². The summed E-state index contributed by atoms with van der Waals surface area (Å²) in [7, 11) is 0. The van der Waals surface area contributed by atoms with E-state index in [1.807, 2.05) is 18.2 Å². The summed E-state index contributed by atoms with van der Waals surface area (Å²) in [5.74, 6) is 1.60. The molecule has 0 aliphatic carbocycles. The third-order valence-corrected chi connectivity index (χ3v) is 3.14. The van der Waals surface area contributed by atoms with Crippen LogP contribution in [0.3, 0.4) is 0 Å². The van der Waals surface area contributed by atoms with Gasteiger partial charge in [-0.1, -0.05) is 19.4 Å². The average molecular weight is 265 g/mol. The van der Waals surface area contributed by atoms with E-state index < -0.39 is 0 Å². The van der Waals surface area contributed by atoms with Crippen LogP contribution in [0.5, 0.6) is 11.5 Å². The van der Waals surface area contributed by atoms with Crippen molar-refractivity contribution in [1.82, 2.24) is 0 Å². The Morgan fingerprint density at radius 3 is 2.84 bits per heavy atom. The maximum Gasteiger partial charge on any atom is 0.161 e. The fourth-order valence-electron chi connectivity index (χ4n) is 1.96. The summed E-state index contributed by atoms with van der Waals surface area (Å²) in [6.45, 7) is 4.86. The van der Waals surface area contributed by atoms with Crippen LogP contribution in [-0.4, -0.2) is 26.4 Å². The lowest BCUT2D eigenvalue weighted by atomic mass is 10.1. The minimum Gasteiger partial charge on any atom is -0.490 e. The summed E-state index contributed by atoms with van der Waals surface area (Å²) in [4.78, 5) is 0. The van der Waals surface area contributed by atoms with Gasteiger partial charge in [-0.05, 0) is 24.1 Å². The van der Waals surface area contributed by atoms with Gasteiger partial charge in [-0.25, -0.2) is 0 Å². The first-order valence-electron chi connectivity index (χ1n) is 7.04. The van der Waals surface area contributed by atoms with E-state index in [1.165, 1.54) is 0 Å². The highest BCUT2D eigenvalue weighted by Crippen LogP contribution is 2.31. The summed E-state index contributed by atoms with van der Waals surface area (Å²) >= 11 is 0. The number of ether oxygens (including phenoxy) is 3. The van der Waals surface area contributed by atoms with Gasteiger partial charge < -0.3 is 19.9 Å². The van der Waals surface area contributed by atoms with Crippen LogP contribution < -0.4 is 15.2 Å². The van der Waals surface area contributed by atoms with Gasteiger partial charge in [0.2, 0.25) is 0 Å². The van der Waals surface area contributed by atoms with Crippen LogP contribution in [-0.2, 0) is 4.74 Å². The summed E-state index contributed by atoms with van der Waals surface area (Å²) < 4.78 is 16.8. The summed E-state index contributed by atoms with van der Waals surface area (Å²) in [6, 6.07) is 5.77. The van der Waals surface area contributed by atoms with Crippen LogP contribution in [0, 0.1) is 0 Å². The Morgan fingerprint density at radius 2 is 2.05 bits per heavy atom. The Kier molecular flexibility index (Phi) is 5.48. The van der Waals surface area contributed by atoms with E-state index in [2.05, 4.69) is 6.92 Å². The molecule has 4 nitrogen and oxygen atoms in total. The van der Waals surface area contributed by atoms with E-state index >= 15 is 0 Å². The molecule has 0 amide bonds. The van der Waals surface area contributed by atoms with Gasteiger partial charge in [0, 0.05) is 13.0 Å². The third-order valence-electron chi connectivity index (χ3n) is 3.14. The monoisotopic (exact) mass is 265 g/mol. The van der Waals surface area contributed by atoms with Gasteiger partial charge in [-0.3, -0.25) is 0 Å². The molecule has 0 spiro atoms. The molecule has 2 rings (SSSR count). The molecule has 1 aliphatic heterocycles. The second kappa shape index (κ2) is 7.36. The van der Waals surface area contributed by atoms with Crippen molar-refractivity contribution in [3.8, 4) is 11.5 Å². The molecule has 1 aromatic carbocycles. The minimum absolute atomic E-state index is 0.117. The topological polar surface area (TPSA) is 53.7 Å². The molecule has 0 fully saturated rings. The lowest BCUT2D eigenvalue weighted by Crippen LogP contribution is -2.17. The Labute approximate surface area is 114 Å². The third kappa shape index (κ3) is 4.11. The van der Waals surface area contributed by atoms with Crippen molar-refractivity contribution >= 4 is 0 Å². The van der Waals surface area contributed by atoms with Gasteiger partial charge >= 0.3 is 0 Å². The quantitative estimate of drug-likeness (QED) is 0.803. The zero-order valence-corrected chi connectivity index (χ0v) is 11.6. The normalized spacial score (nSPS) is 15.9. The van der Waals surface area contributed by atoms with Crippen LogP contribution in [0.4, 0.5) is 0 Å². The van der Waals surface area contributed by atoms with E-state index in [-0.39, 0.29) is 6.04 Å². The summed E-state index contributed by atoms with van der Waals surface area (Å²) in [6.07, 6.45) is 3.13. The zero-order chi connectivity index (χ0) is 13.5. The Morgan fingerprint density at radius 1 is 1.26 bits per heavy atom. The summed E-state index contributed by atoms with van der Waals surface area (Å²) in [5, 5.41) is 0. The second-order valence-corrected chi connectivity index (χ2v) is 4.79. The van der Waals surface area contributed by atoms with Gasteiger partial charge in [0.15, 0.2) is 11.5 Å². The molecule has 0 bridgehead atoms. The number of nitrogens with two attached hydrogens (primary N) is 1. The maximum absolute atomic E-state index is 6.13. The van der Waals surface area contributed by atoms with Crippen molar-refractivity contribution in [2.75, 3.05) is 26.4 Å². The number of rotatable bonds is 6. The van der Waals surface area contributed by atoms with Crippen LogP contribution >= 0.6 is 0 Å². The Balaban J connectivity index is 1.94. The van der Waals surface area contributed by atoms with Gasteiger partial charge in [0.1, 0.15) is 0 Å². The highest BCUT2D eigenvalue weighted by atomic mass is 16.5. The summed E-state index contributed by atoms with van der Waals surface area (Å²) in [5.41, 5.74) is 7.16. The highest BCUT2D eigenvalue weighted by Gasteiger charge is 2.13. The first-order chi connectivity index (χ1) is 9.31. The smallest absolute Gasteiger partial charge is 0.161 e. The molecule has 4 heteroatoms. The van der Waals surface area contributed by atoms with Gasteiger partial charge in [0.05, 0.1) is 25.9 Å². The van der Waals surface area contributed by atoms with Crippen molar-refractivity contribution in [3.05, 3.63) is 23.8 Å². The zero-order valence-electron chi connectivity index (χ0n) is 11.6. The van der Waals surface area contributed by atoms with Gasteiger partial charge in [-0.15, -0.1) is 0 Å². The van der Waals surface area contributed by atoms with E-state index in [0.717, 1.165) is 42.9 Å². The van der Waals surface area contributed by atoms with Gasteiger partial charge in [0.25, 0.3) is 0 Å². The van der Waals surface area contributed by atoms with E-state index in [1.54, 1.807) is 0 Å². The maximum atomic E-state index is 6.13. The molecule has 1 aliphatic rings. The van der Waals surface area contributed by atoms with Crippen molar-refractivity contribution in [2.45, 2.75) is 32.2 Å². The van der Waals surface area contributed by atoms with Crippen LogP contribution in [0.25, 0.3) is 0 Å². The van der Waals surface area contributed by atoms with Crippen molar-refractivity contribution < 1.29 is 14.2 Å².